The van der Waals surface area contributed by atoms with Crippen LogP contribution >= 0.6 is 22.9 Å². The smallest absolute Gasteiger partial charge is 0.337 e. The van der Waals surface area contributed by atoms with Crippen molar-refractivity contribution in [2.24, 2.45) is 7.05 Å². The molecule has 1 atom stereocenters. The molecule has 5 rings (SSSR count). The number of fused-ring (bicyclic) bond motifs is 2. The number of aryl methyl sites for hydroxylation is 3. The fraction of sp³-hybridized carbons (Fsp3) is 0.393. The van der Waals surface area contributed by atoms with Gasteiger partial charge in [-0.1, -0.05) is 35.1 Å². The highest BCUT2D eigenvalue weighted by Gasteiger charge is 2.33. The number of rotatable bonds is 5. The summed E-state index contributed by atoms with van der Waals surface area (Å²) >= 11 is 7.80. The van der Waals surface area contributed by atoms with Gasteiger partial charge in [-0.05, 0) is 63.9 Å². The molecule has 0 radical (unpaired) electrons. The Kier molecular flexibility index (Phi) is 6.54. The van der Waals surface area contributed by atoms with E-state index < -0.39 is 17.7 Å². The molecule has 3 heterocycles. The van der Waals surface area contributed by atoms with Crippen LogP contribution in [0.2, 0.25) is 5.02 Å². The minimum absolute atomic E-state index is 0.621. The third-order valence-corrected chi connectivity index (χ3v) is 8.12. The van der Waals surface area contributed by atoms with E-state index in [1.165, 1.54) is 11.3 Å². The molecule has 0 fully saturated rings. The number of benzene rings is 2. The van der Waals surface area contributed by atoms with Crippen molar-refractivity contribution in [2.75, 3.05) is 11.4 Å². The van der Waals surface area contributed by atoms with Gasteiger partial charge in [0.2, 0.25) is 0 Å². The SMILES string of the molecule is Cc1cc2nc(N3CCc4c(c(C)nn4C)C3)sc2c(-c2ccc(Cl)cc2)c1C(OC(C)(C)C)C(=O)O. The molecule has 2 aromatic carbocycles. The lowest BCUT2D eigenvalue weighted by molar-refractivity contribution is -0.160. The van der Waals surface area contributed by atoms with Gasteiger partial charge in [0.15, 0.2) is 11.2 Å². The Morgan fingerprint density at radius 3 is 2.57 bits per heavy atom. The highest BCUT2D eigenvalue weighted by molar-refractivity contribution is 7.22. The van der Waals surface area contributed by atoms with E-state index in [4.69, 9.17) is 21.3 Å². The fourth-order valence-electron chi connectivity index (χ4n) is 5.10. The molecule has 1 N–H and O–H groups in total. The largest absolute Gasteiger partial charge is 0.479 e. The van der Waals surface area contributed by atoms with Gasteiger partial charge in [-0.3, -0.25) is 4.68 Å². The summed E-state index contributed by atoms with van der Waals surface area (Å²) in [5, 5.41) is 16.4. The third kappa shape index (κ3) is 4.85. The predicted octanol–water partition coefficient (Wildman–Crippen LogP) is 6.47. The van der Waals surface area contributed by atoms with Gasteiger partial charge in [-0.15, -0.1) is 0 Å². The second kappa shape index (κ2) is 9.42. The van der Waals surface area contributed by atoms with E-state index >= 15 is 0 Å². The first-order chi connectivity index (χ1) is 17.4. The standard InChI is InChI=1S/C28H31ClN4O3S/c1-15-13-20-25(37-27(30-20)33-12-11-21-19(14-33)16(2)31-32(21)6)23(17-7-9-18(29)10-8-17)22(15)24(26(34)35)36-28(3,4)5/h7-10,13,24H,11-12,14H2,1-6H3,(H,34,35). The second-order valence-electron chi connectivity index (χ2n) is 10.6. The summed E-state index contributed by atoms with van der Waals surface area (Å²) in [4.78, 5) is 19.9. The Morgan fingerprint density at radius 1 is 1.22 bits per heavy atom. The number of aliphatic carboxylic acids is 1. The first-order valence-electron chi connectivity index (χ1n) is 12.3. The summed E-state index contributed by atoms with van der Waals surface area (Å²) in [6.07, 6.45) is -0.228. The lowest BCUT2D eigenvalue weighted by atomic mass is 9.91. The Hall–Kier alpha value is -2.94. The third-order valence-electron chi connectivity index (χ3n) is 6.72. The van der Waals surface area contributed by atoms with E-state index in [1.807, 2.05) is 69.8 Å². The molecule has 0 aliphatic carbocycles. The van der Waals surface area contributed by atoms with E-state index in [0.29, 0.717) is 10.6 Å². The van der Waals surface area contributed by atoms with Crippen molar-refractivity contribution in [3.05, 3.63) is 63.4 Å². The average molecular weight is 539 g/mol. The number of thiazole rings is 1. The highest BCUT2D eigenvalue weighted by atomic mass is 35.5. The van der Waals surface area contributed by atoms with Crippen LogP contribution in [-0.4, -0.2) is 38.0 Å². The molecule has 0 amide bonds. The number of ether oxygens (including phenoxy) is 1. The van der Waals surface area contributed by atoms with Gasteiger partial charge in [0.1, 0.15) is 0 Å². The predicted molar refractivity (Wildman–Crippen MR) is 149 cm³/mol. The van der Waals surface area contributed by atoms with Gasteiger partial charge in [0, 0.05) is 54.0 Å². The summed E-state index contributed by atoms with van der Waals surface area (Å²) < 4.78 is 9.04. The van der Waals surface area contributed by atoms with Crippen LogP contribution in [0, 0.1) is 13.8 Å². The number of hydrogen-bond donors (Lipinski definition) is 1. The van der Waals surface area contributed by atoms with Crippen LogP contribution in [0.1, 0.15) is 55.0 Å². The Balaban J connectivity index is 1.69. The zero-order valence-corrected chi connectivity index (χ0v) is 23.5. The molecular formula is C28H31ClN4O3S. The molecule has 1 unspecified atom stereocenters. The van der Waals surface area contributed by atoms with Gasteiger partial charge in [-0.2, -0.15) is 5.10 Å². The molecule has 0 bridgehead atoms. The summed E-state index contributed by atoms with van der Waals surface area (Å²) in [7, 11) is 2.00. The maximum Gasteiger partial charge on any atom is 0.337 e. The quantitative estimate of drug-likeness (QED) is 0.313. The lowest BCUT2D eigenvalue weighted by Crippen LogP contribution is -2.30. The van der Waals surface area contributed by atoms with Gasteiger partial charge in [0.25, 0.3) is 0 Å². The van der Waals surface area contributed by atoms with Crippen LogP contribution in [-0.2, 0) is 29.5 Å². The lowest BCUT2D eigenvalue weighted by Gasteiger charge is -2.28. The fourth-order valence-corrected chi connectivity index (χ4v) is 6.38. The van der Waals surface area contributed by atoms with Crippen molar-refractivity contribution in [1.82, 2.24) is 14.8 Å². The number of halogens is 1. The molecule has 9 heteroatoms. The first-order valence-corrected chi connectivity index (χ1v) is 13.5. The Morgan fingerprint density at radius 2 is 1.92 bits per heavy atom. The van der Waals surface area contributed by atoms with Crippen LogP contribution in [0.5, 0.6) is 0 Å². The number of carboxylic acid groups (broad SMARTS) is 1. The molecule has 194 valence electrons. The molecule has 1 aliphatic rings. The van der Waals surface area contributed by atoms with Crippen LogP contribution in [0.3, 0.4) is 0 Å². The van der Waals surface area contributed by atoms with Crippen molar-refractivity contribution in [3.63, 3.8) is 0 Å². The molecule has 7 nitrogen and oxygen atoms in total. The van der Waals surface area contributed by atoms with Crippen LogP contribution in [0.25, 0.3) is 21.3 Å². The zero-order valence-electron chi connectivity index (χ0n) is 21.9. The Bertz CT molecular complexity index is 1500. The number of hydrogen-bond acceptors (Lipinski definition) is 6. The summed E-state index contributed by atoms with van der Waals surface area (Å²) in [6.45, 7) is 11.2. The van der Waals surface area contributed by atoms with Crippen molar-refractivity contribution in [1.29, 1.82) is 0 Å². The topological polar surface area (TPSA) is 80.5 Å². The zero-order chi connectivity index (χ0) is 26.6. The van der Waals surface area contributed by atoms with Crippen molar-refractivity contribution >= 4 is 44.3 Å². The van der Waals surface area contributed by atoms with E-state index in [2.05, 4.69) is 16.9 Å². The number of carboxylic acids is 1. The molecule has 4 aromatic rings. The molecule has 37 heavy (non-hydrogen) atoms. The second-order valence-corrected chi connectivity index (χ2v) is 12.0. The van der Waals surface area contributed by atoms with E-state index in [9.17, 15) is 9.90 Å². The van der Waals surface area contributed by atoms with Crippen molar-refractivity contribution in [3.8, 4) is 11.1 Å². The summed E-state index contributed by atoms with van der Waals surface area (Å²) in [6, 6.07) is 9.50. The van der Waals surface area contributed by atoms with Gasteiger partial charge < -0.3 is 14.7 Å². The minimum atomic E-state index is -1.13. The summed E-state index contributed by atoms with van der Waals surface area (Å²) in [5.41, 5.74) is 6.98. The van der Waals surface area contributed by atoms with Gasteiger partial charge in [-0.25, -0.2) is 9.78 Å². The van der Waals surface area contributed by atoms with E-state index in [0.717, 1.165) is 57.2 Å². The highest BCUT2D eigenvalue weighted by Crippen LogP contribution is 2.44. The molecular weight excluding hydrogens is 508 g/mol. The number of aromatic nitrogens is 3. The Labute approximate surface area is 225 Å². The van der Waals surface area contributed by atoms with E-state index in [1.54, 1.807) is 11.3 Å². The monoisotopic (exact) mass is 538 g/mol. The van der Waals surface area contributed by atoms with Crippen LogP contribution in [0.4, 0.5) is 5.13 Å². The summed E-state index contributed by atoms with van der Waals surface area (Å²) in [5.74, 6) is -1.02. The number of nitrogens with zero attached hydrogens (tertiary/aromatic N) is 4. The maximum atomic E-state index is 12.5. The molecule has 0 saturated heterocycles. The van der Waals surface area contributed by atoms with Crippen LogP contribution in [0.15, 0.2) is 30.3 Å². The number of carbonyl (C=O) groups is 1. The minimum Gasteiger partial charge on any atom is -0.479 e. The first kappa shape index (κ1) is 25.7. The maximum absolute atomic E-state index is 12.5. The van der Waals surface area contributed by atoms with Gasteiger partial charge >= 0.3 is 5.97 Å². The van der Waals surface area contributed by atoms with Crippen molar-refractivity contribution in [2.45, 2.75) is 59.3 Å². The molecule has 0 spiro atoms. The van der Waals surface area contributed by atoms with E-state index in [-0.39, 0.29) is 0 Å². The van der Waals surface area contributed by atoms with Crippen LogP contribution < -0.4 is 4.90 Å². The van der Waals surface area contributed by atoms with Gasteiger partial charge in [0.05, 0.1) is 21.5 Å². The molecule has 2 aromatic heterocycles. The van der Waals surface area contributed by atoms with Crippen molar-refractivity contribution < 1.29 is 14.6 Å². The average Bonchev–Trinajstić information content (AvgIpc) is 3.37. The number of anilines is 1. The molecule has 0 saturated carbocycles. The molecule has 1 aliphatic heterocycles. The normalized spacial score (nSPS) is 14.7.